The fourth-order valence-electron chi connectivity index (χ4n) is 8.09. The predicted molar refractivity (Wildman–Crippen MR) is 246 cm³/mol. The van der Waals surface area contributed by atoms with Gasteiger partial charge in [0.25, 0.3) is 0 Å². The highest BCUT2D eigenvalue weighted by atomic mass is 16.5. The Morgan fingerprint density at radius 2 is 0.915 bits per heavy atom. The van der Waals surface area contributed by atoms with Crippen LogP contribution in [0.25, 0.3) is 0 Å². The summed E-state index contributed by atoms with van der Waals surface area (Å²) in [6, 6.07) is -0.673. The molecule has 10 heteroatoms. The SMILES string of the molecule is CCCCCCCCCCCCCCCCCCOC(=O)CC[C@H](NN1CCNCCN(CC(=O)O)CC1)C(=O)OCCCCCCCCCCCCCCCCCC. The third kappa shape index (κ3) is 37.7. The molecule has 1 heterocycles. The Morgan fingerprint density at radius 3 is 1.34 bits per heavy atom. The van der Waals surface area contributed by atoms with Crippen LogP contribution >= 0.6 is 0 Å². The van der Waals surface area contributed by atoms with Crippen molar-refractivity contribution in [2.45, 2.75) is 238 Å². The molecule has 1 aliphatic heterocycles. The van der Waals surface area contributed by atoms with Gasteiger partial charge in [-0.3, -0.25) is 19.3 Å². The van der Waals surface area contributed by atoms with Gasteiger partial charge in [-0.2, -0.15) is 0 Å². The van der Waals surface area contributed by atoms with E-state index >= 15 is 0 Å². The van der Waals surface area contributed by atoms with Gasteiger partial charge in [0.1, 0.15) is 6.04 Å². The summed E-state index contributed by atoms with van der Waals surface area (Å²) in [5.74, 6) is -1.47. The highest BCUT2D eigenvalue weighted by molar-refractivity contribution is 5.77. The number of carbonyl (C=O) groups excluding carboxylic acids is 2. The smallest absolute Gasteiger partial charge is 0.324 e. The number of aliphatic carboxylic acids is 1. The van der Waals surface area contributed by atoms with Gasteiger partial charge in [0, 0.05) is 45.7 Å². The van der Waals surface area contributed by atoms with Crippen molar-refractivity contribution in [3.63, 3.8) is 0 Å². The Bertz CT molecular complexity index is 955. The zero-order valence-corrected chi connectivity index (χ0v) is 38.9. The molecule has 1 atom stereocenters. The lowest BCUT2D eigenvalue weighted by Crippen LogP contribution is -2.52. The molecule has 0 aliphatic carbocycles. The van der Waals surface area contributed by atoms with Crippen LogP contribution in [-0.4, -0.2) is 98.0 Å². The van der Waals surface area contributed by atoms with Crippen LogP contribution in [-0.2, 0) is 23.9 Å². The van der Waals surface area contributed by atoms with E-state index < -0.39 is 12.0 Å². The van der Waals surface area contributed by atoms with Crippen LogP contribution in [0.2, 0.25) is 0 Å². The number of hydrazine groups is 1. The lowest BCUT2D eigenvalue weighted by atomic mass is 10.0. The zero-order chi connectivity index (χ0) is 42.7. The summed E-state index contributed by atoms with van der Waals surface area (Å²) in [5, 5.41) is 14.7. The van der Waals surface area contributed by atoms with Crippen LogP contribution in [0.1, 0.15) is 232 Å². The molecule has 0 spiro atoms. The lowest BCUT2D eigenvalue weighted by Gasteiger charge is -2.29. The number of esters is 2. The Balaban J connectivity index is 2.31. The molecule has 1 aliphatic rings. The molecule has 0 bridgehead atoms. The molecule has 0 aromatic rings. The first kappa shape index (κ1) is 55.3. The second kappa shape index (κ2) is 42.9. The van der Waals surface area contributed by atoms with Gasteiger partial charge in [-0.1, -0.05) is 206 Å². The molecular weight excluding hydrogens is 741 g/mol. The lowest BCUT2D eigenvalue weighted by molar-refractivity contribution is -0.149. The molecule has 3 N–H and O–H groups in total. The van der Waals surface area contributed by atoms with Gasteiger partial charge < -0.3 is 19.9 Å². The van der Waals surface area contributed by atoms with Crippen LogP contribution in [0.3, 0.4) is 0 Å². The maximum absolute atomic E-state index is 13.4. The molecule has 0 aromatic heterocycles. The number of carboxylic acid groups (broad SMARTS) is 1. The molecule has 0 unspecified atom stereocenters. The van der Waals surface area contributed by atoms with E-state index in [9.17, 15) is 19.5 Å². The van der Waals surface area contributed by atoms with E-state index in [2.05, 4.69) is 24.6 Å². The van der Waals surface area contributed by atoms with Crippen molar-refractivity contribution in [3.8, 4) is 0 Å². The summed E-state index contributed by atoms with van der Waals surface area (Å²) < 4.78 is 11.3. The van der Waals surface area contributed by atoms with Gasteiger partial charge in [0.15, 0.2) is 0 Å². The first-order valence-corrected chi connectivity index (χ1v) is 25.4. The number of hydrogen-bond acceptors (Lipinski definition) is 9. The van der Waals surface area contributed by atoms with Gasteiger partial charge in [0.2, 0.25) is 0 Å². The molecule has 0 saturated carbocycles. The monoisotopic (exact) mass is 837 g/mol. The molecule has 0 amide bonds. The Kier molecular flexibility index (Phi) is 40.2. The normalized spacial score (nSPS) is 14.7. The van der Waals surface area contributed by atoms with Crippen molar-refractivity contribution in [1.29, 1.82) is 0 Å². The minimum atomic E-state index is -0.850. The van der Waals surface area contributed by atoms with Crippen molar-refractivity contribution in [3.05, 3.63) is 0 Å². The van der Waals surface area contributed by atoms with Crippen molar-refractivity contribution < 1.29 is 29.0 Å². The number of rotatable bonds is 42. The topological polar surface area (TPSA) is 120 Å². The van der Waals surface area contributed by atoms with Crippen LogP contribution in [0, 0.1) is 0 Å². The van der Waals surface area contributed by atoms with E-state index in [-0.39, 0.29) is 24.9 Å². The fraction of sp³-hybridized carbons (Fsp3) is 0.939. The quantitative estimate of drug-likeness (QED) is 0.0405. The van der Waals surface area contributed by atoms with Crippen LogP contribution < -0.4 is 10.7 Å². The molecule has 10 nitrogen and oxygen atoms in total. The molecule has 59 heavy (non-hydrogen) atoms. The highest BCUT2D eigenvalue weighted by Crippen LogP contribution is 2.16. The maximum Gasteiger partial charge on any atom is 0.324 e. The van der Waals surface area contributed by atoms with Crippen LogP contribution in [0.4, 0.5) is 0 Å². The van der Waals surface area contributed by atoms with E-state index in [4.69, 9.17) is 9.47 Å². The number of nitrogens with one attached hydrogen (secondary N) is 2. The third-order valence-corrected chi connectivity index (χ3v) is 12.0. The minimum Gasteiger partial charge on any atom is -0.480 e. The van der Waals surface area contributed by atoms with E-state index in [1.165, 1.54) is 173 Å². The van der Waals surface area contributed by atoms with E-state index in [0.29, 0.717) is 58.9 Å². The second-order valence-corrected chi connectivity index (χ2v) is 17.6. The number of hydrogen-bond donors (Lipinski definition) is 3. The first-order chi connectivity index (χ1) is 29.0. The van der Waals surface area contributed by atoms with Crippen molar-refractivity contribution in [2.24, 2.45) is 0 Å². The summed E-state index contributed by atoms with van der Waals surface area (Å²) in [5.41, 5.74) is 3.35. The Labute approximate surface area is 363 Å². The van der Waals surface area contributed by atoms with E-state index in [0.717, 1.165) is 32.1 Å². The van der Waals surface area contributed by atoms with Gasteiger partial charge >= 0.3 is 17.9 Å². The van der Waals surface area contributed by atoms with Crippen molar-refractivity contribution >= 4 is 17.9 Å². The van der Waals surface area contributed by atoms with Crippen molar-refractivity contribution in [2.75, 3.05) is 59.0 Å². The summed E-state index contributed by atoms with van der Waals surface area (Å²) in [4.78, 5) is 39.4. The van der Waals surface area contributed by atoms with Gasteiger partial charge in [-0.15, -0.1) is 0 Å². The standard InChI is InChI=1S/C49H96N4O6/c1-3-5-7-9-11-13-15-17-19-21-23-25-27-29-31-33-43-58-48(56)36-35-46(51-53-40-38-50-37-39-52(41-42-53)45-47(54)55)49(57)59-44-34-32-30-28-26-24-22-20-18-16-14-12-10-8-6-4-2/h46,50-51H,3-45H2,1-2H3,(H,54,55)/t46-/m0/s1. The fourth-order valence-corrected chi connectivity index (χ4v) is 8.09. The maximum atomic E-state index is 13.4. The largest absolute Gasteiger partial charge is 0.480 e. The molecule has 1 rings (SSSR count). The number of unbranched alkanes of at least 4 members (excludes halogenated alkanes) is 30. The molecule has 1 fully saturated rings. The first-order valence-electron chi connectivity index (χ1n) is 25.4. The second-order valence-electron chi connectivity index (χ2n) is 17.6. The van der Waals surface area contributed by atoms with Crippen molar-refractivity contribution in [1.82, 2.24) is 20.7 Å². The van der Waals surface area contributed by atoms with Gasteiger partial charge in [-0.05, 0) is 19.3 Å². The van der Waals surface area contributed by atoms with Crippen LogP contribution in [0.5, 0.6) is 0 Å². The summed E-state index contributed by atoms with van der Waals surface area (Å²) in [6.07, 6.45) is 42.0. The Hall–Kier alpha value is -1.75. The molecule has 348 valence electrons. The van der Waals surface area contributed by atoms with E-state index in [1.54, 1.807) is 0 Å². The number of ether oxygens (including phenoxy) is 2. The Morgan fingerprint density at radius 1 is 0.525 bits per heavy atom. The molecule has 1 saturated heterocycles. The number of carbonyl (C=O) groups is 3. The molecule has 0 aromatic carbocycles. The molecule has 0 radical (unpaired) electrons. The highest BCUT2D eigenvalue weighted by Gasteiger charge is 2.25. The summed E-state index contributed by atoms with van der Waals surface area (Å²) >= 11 is 0. The van der Waals surface area contributed by atoms with Gasteiger partial charge in [-0.25, -0.2) is 10.4 Å². The average Bonchev–Trinajstić information content (AvgIpc) is 3.33. The van der Waals surface area contributed by atoms with Crippen LogP contribution in [0.15, 0.2) is 0 Å². The summed E-state index contributed by atoms with van der Waals surface area (Å²) in [6.45, 7) is 9.16. The van der Waals surface area contributed by atoms with E-state index in [1.807, 2.05) is 9.91 Å². The average molecular weight is 837 g/mol. The third-order valence-electron chi connectivity index (χ3n) is 12.0. The van der Waals surface area contributed by atoms with Gasteiger partial charge in [0.05, 0.1) is 19.8 Å². The number of nitrogens with zero attached hydrogens (tertiary/aromatic N) is 2. The number of carboxylic acids is 1. The predicted octanol–water partition coefficient (Wildman–Crippen LogP) is 11.5. The summed E-state index contributed by atoms with van der Waals surface area (Å²) in [7, 11) is 0. The molecular formula is C49H96N4O6. The minimum absolute atomic E-state index is 0.0223. The zero-order valence-electron chi connectivity index (χ0n) is 38.9.